The van der Waals surface area contributed by atoms with Crippen molar-refractivity contribution >= 4 is 18.0 Å². The van der Waals surface area contributed by atoms with Gasteiger partial charge in [0.25, 0.3) is 0 Å². The van der Waals surface area contributed by atoms with E-state index >= 15 is 0 Å². The van der Waals surface area contributed by atoms with Gasteiger partial charge in [0, 0.05) is 35.0 Å². The van der Waals surface area contributed by atoms with Crippen LogP contribution in [0.1, 0.15) is 54.4 Å². The molecule has 6 nitrogen and oxygen atoms in total. The molecule has 6 heteroatoms. The van der Waals surface area contributed by atoms with E-state index in [0.717, 1.165) is 6.29 Å². The van der Waals surface area contributed by atoms with E-state index in [2.05, 4.69) is 0 Å². The third-order valence-corrected chi connectivity index (χ3v) is 9.11. The van der Waals surface area contributed by atoms with Gasteiger partial charge < -0.3 is 14.9 Å². The molecule has 31 heavy (non-hydrogen) atoms. The number of aldehydes is 1. The molecule has 0 bridgehead atoms. The lowest BCUT2D eigenvalue weighted by Crippen LogP contribution is -2.62. The number of esters is 1. The van der Waals surface area contributed by atoms with Gasteiger partial charge in [0.2, 0.25) is 0 Å². The van der Waals surface area contributed by atoms with Crippen molar-refractivity contribution in [3.8, 4) is 0 Å². The first-order valence-corrected chi connectivity index (χ1v) is 11.4. The van der Waals surface area contributed by atoms with E-state index in [9.17, 15) is 24.6 Å². The second-order valence-electron chi connectivity index (χ2n) is 10.8. The SMILES string of the molecule is CC[C@H](C)C(=O)O[C@@]12[C@H](O)[C@@H](C)[C@]3(O)[C@@H]4C=C(C)C(=O)[C@@H]4CC(C=O)=C[C@H]3[C@@H]1C2(C)C. The molecule has 2 N–H and O–H groups in total. The molecule has 170 valence electrons. The standard InChI is InChI=1S/C25H34O6/c1-7-12(2)22(29)31-25-20(23(25,5)6)18-10-15(11-26)9-16-17(8-13(3)19(16)27)24(18,30)14(4)21(25)28/h8,10-12,14,16-18,20-21,28,30H,7,9H2,1-6H3/t12-,14+,16+,17+,18-,20+,21+,24-,25+/m0/s1. The smallest absolute Gasteiger partial charge is 0.309 e. The van der Waals surface area contributed by atoms with E-state index in [4.69, 9.17) is 4.74 Å². The quantitative estimate of drug-likeness (QED) is 0.525. The third-order valence-electron chi connectivity index (χ3n) is 9.11. The Hall–Kier alpha value is -1.79. The molecule has 0 saturated heterocycles. The molecule has 0 aliphatic heterocycles. The highest BCUT2D eigenvalue weighted by molar-refractivity contribution is 6.00. The van der Waals surface area contributed by atoms with Gasteiger partial charge in [0.15, 0.2) is 5.78 Å². The molecular weight excluding hydrogens is 396 g/mol. The maximum Gasteiger partial charge on any atom is 0.309 e. The second-order valence-corrected chi connectivity index (χ2v) is 10.8. The zero-order valence-electron chi connectivity index (χ0n) is 19.2. The largest absolute Gasteiger partial charge is 0.455 e. The lowest BCUT2D eigenvalue weighted by atomic mass is 9.60. The molecule has 2 saturated carbocycles. The Morgan fingerprint density at radius 3 is 2.55 bits per heavy atom. The Morgan fingerprint density at radius 1 is 1.32 bits per heavy atom. The van der Waals surface area contributed by atoms with E-state index in [1.807, 2.05) is 26.8 Å². The van der Waals surface area contributed by atoms with Crippen molar-refractivity contribution in [2.75, 3.05) is 0 Å². The molecule has 0 unspecified atom stereocenters. The first kappa shape index (κ1) is 22.4. The van der Waals surface area contributed by atoms with Crippen LogP contribution in [-0.4, -0.2) is 45.6 Å². The van der Waals surface area contributed by atoms with E-state index < -0.39 is 46.4 Å². The molecule has 0 radical (unpaired) electrons. The first-order chi connectivity index (χ1) is 14.4. The van der Waals surface area contributed by atoms with Crippen molar-refractivity contribution in [2.24, 2.45) is 40.9 Å². The van der Waals surface area contributed by atoms with Crippen molar-refractivity contribution in [3.05, 3.63) is 23.3 Å². The number of ether oxygens (including phenoxy) is 1. The van der Waals surface area contributed by atoms with Crippen LogP contribution >= 0.6 is 0 Å². The summed E-state index contributed by atoms with van der Waals surface area (Å²) in [5, 5.41) is 23.7. The summed E-state index contributed by atoms with van der Waals surface area (Å²) in [6.07, 6.45) is 4.19. The molecule has 0 amide bonds. The van der Waals surface area contributed by atoms with Gasteiger partial charge >= 0.3 is 5.97 Å². The van der Waals surface area contributed by atoms with Gasteiger partial charge in [-0.2, -0.15) is 0 Å². The zero-order valence-corrected chi connectivity index (χ0v) is 19.2. The van der Waals surface area contributed by atoms with Crippen molar-refractivity contribution in [3.63, 3.8) is 0 Å². The molecule has 0 aromatic heterocycles. The average Bonchev–Trinajstić information content (AvgIpc) is 3.13. The fraction of sp³-hybridized carbons (Fsp3) is 0.720. The normalized spacial score (nSPS) is 45.9. The number of hydrogen-bond acceptors (Lipinski definition) is 6. The maximum atomic E-state index is 12.8. The van der Waals surface area contributed by atoms with Gasteiger partial charge in [-0.25, -0.2) is 0 Å². The number of carbonyl (C=O) groups excluding carboxylic acids is 3. The maximum absolute atomic E-state index is 12.8. The summed E-state index contributed by atoms with van der Waals surface area (Å²) >= 11 is 0. The van der Waals surface area contributed by atoms with E-state index in [1.54, 1.807) is 26.8 Å². The minimum absolute atomic E-state index is 0.0522. The summed E-state index contributed by atoms with van der Waals surface area (Å²) < 4.78 is 6.06. The number of rotatable bonds is 4. The molecule has 9 atom stereocenters. The van der Waals surface area contributed by atoms with Crippen LogP contribution in [0.2, 0.25) is 0 Å². The minimum Gasteiger partial charge on any atom is -0.455 e. The minimum atomic E-state index is -1.42. The Kier molecular flexibility index (Phi) is 4.95. The van der Waals surface area contributed by atoms with Crippen LogP contribution in [0.15, 0.2) is 23.3 Å². The lowest BCUT2D eigenvalue weighted by molar-refractivity contribution is -0.210. The summed E-state index contributed by atoms with van der Waals surface area (Å²) in [6.45, 7) is 11.1. The number of carbonyl (C=O) groups is 3. The summed E-state index contributed by atoms with van der Waals surface area (Å²) in [4.78, 5) is 37.5. The van der Waals surface area contributed by atoms with Crippen molar-refractivity contribution in [1.29, 1.82) is 0 Å². The highest BCUT2D eigenvalue weighted by Gasteiger charge is 2.86. The van der Waals surface area contributed by atoms with Crippen molar-refractivity contribution < 1.29 is 29.3 Å². The highest BCUT2D eigenvalue weighted by atomic mass is 16.6. The van der Waals surface area contributed by atoms with Gasteiger partial charge in [-0.15, -0.1) is 0 Å². The Bertz CT molecular complexity index is 900. The molecule has 0 aromatic rings. The summed E-state index contributed by atoms with van der Waals surface area (Å²) in [5.74, 6) is -3.26. The van der Waals surface area contributed by atoms with Gasteiger partial charge in [0.1, 0.15) is 11.9 Å². The Morgan fingerprint density at radius 2 is 1.97 bits per heavy atom. The fourth-order valence-corrected chi connectivity index (χ4v) is 6.96. The highest BCUT2D eigenvalue weighted by Crippen LogP contribution is 2.76. The van der Waals surface area contributed by atoms with Crippen LogP contribution in [-0.2, 0) is 19.1 Å². The summed E-state index contributed by atoms with van der Waals surface area (Å²) in [7, 11) is 0. The van der Waals surface area contributed by atoms with Crippen LogP contribution in [0.5, 0.6) is 0 Å². The third kappa shape index (κ3) is 2.61. The molecule has 4 aliphatic rings. The number of ketones is 1. The number of hydrogen-bond donors (Lipinski definition) is 2. The predicted molar refractivity (Wildman–Crippen MR) is 114 cm³/mol. The van der Waals surface area contributed by atoms with Crippen LogP contribution in [0.4, 0.5) is 0 Å². The fourth-order valence-electron chi connectivity index (χ4n) is 6.96. The molecule has 0 spiro atoms. The Labute approximate surface area is 183 Å². The molecular formula is C25H34O6. The molecule has 2 fully saturated rings. The number of allylic oxidation sites excluding steroid dienone is 2. The summed E-state index contributed by atoms with van der Waals surface area (Å²) in [5.41, 5.74) is -2.07. The number of Topliss-reactive ketones (excluding diaryl/α,β-unsaturated/α-hetero) is 1. The second kappa shape index (κ2) is 6.85. The molecule has 4 rings (SSSR count). The van der Waals surface area contributed by atoms with Gasteiger partial charge in [-0.05, 0) is 30.9 Å². The lowest BCUT2D eigenvalue weighted by Gasteiger charge is -2.51. The molecule has 0 heterocycles. The monoisotopic (exact) mass is 430 g/mol. The average molecular weight is 431 g/mol. The summed E-state index contributed by atoms with van der Waals surface area (Å²) in [6, 6.07) is 0. The van der Waals surface area contributed by atoms with Gasteiger partial charge in [0.05, 0.1) is 17.6 Å². The van der Waals surface area contributed by atoms with Crippen LogP contribution in [0.3, 0.4) is 0 Å². The van der Waals surface area contributed by atoms with Gasteiger partial charge in [-0.1, -0.05) is 46.8 Å². The van der Waals surface area contributed by atoms with Crippen LogP contribution < -0.4 is 0 Å². The molecule has 4 aliphatic carbocycles. The van der Waals surface area contributed by atoms with E-state index in [-0.39, 0.29) is 30.0 Å². The zero-order chi connectivity index (χ0) is 23.1. The first-order valence-electron chi connectivity index (χ1n) is 11.4. The predicted octanol–water partition coefficient (Wildman–Crippen LogP) is 2.62. The number of fused-ring (bicyclic) bond motifs is 5. The topological polar surface area (TPSA) is 101 Å². The van der Waals surface area contributed by atoms with E-state index in [0.29, 0.717) is 17.6 Å². The number of aliphatic hydroxyl groups excluding tert-OH is 1. The molecule has 0 aromatic carbocycles. The van der Waals surface area contributed by atoms with Crippen LogP contribution in [0, 0.1) is 40.9 Å². The Balaban J connectivity index is 1.85. The van der Waals surface area contributed by atoms with Crippen molar-refractivity contribution in [1.82, 2.24) is 0 Å². The van der Waals surface area contributed by atoms with E-state index in [1.165, 1.54) is 0 Å². The van der Waals surface area contributed by atoms with Crippen molar-refractivity contribution in [2.45, 2.75) is 71.7 Å². The van der Waals surface area contributed by atoms with Crippen LogP contribution in [0.25, 0.3) is 0 Å². The van der Waals surface area contributed by atoms with Gasteiger partial charge in [-0.3, -0.25) is 14.4 Å². The number of aliphatic hydroxyl groups is 2.